The largest absolute Gasteiger partial charge is 0.372 e. The lowest BCUT2D eigenvalue weighted by Crippen LogP contribution is -2.21. The molecule has 2 heteroatoms. The summed E-state index contributed by atoms with van der Waals surface area (Å²) in [6, 6.07) is 8.31. The molecule has 0 N–H and O–H groups in total. The van der Waals surface area contributed by atoms with Gasteiger partial charge in [-0.15, -0.1) is 0 Å². The van der Waals surface area contributed by atoms with Gasteiger partial charge in [0.2, 0.25) is 0 Å². The van der Waals surface area contributed by atoms with Gasteiger partial charge in [0.1, 0.15) is 0 Å². The lowest BCUT2D eigenvalue weighted by Gasteiger charge is -2.20. The highest BCUT2D eigenvalue weighted by molar-refractivity contribution is 5.98. The number of carbonyl (C=O) groups is 1. The number of anilines is 1. The number of benzene rings is 1. The van der Waals surface area contributed by atoms with Crippen molar-refractivity contribution in [3.05, 3.63) is 60.2 Å². The number of carbonyl (C=O) groups excluding carboxylic acids is 1. The van der Waals surface area contributed by atoms with Crippen molar-refractivity contribution in [2.75, 3.05) is 18.0 Å². The molecule has 0 aliphatic heterocycles. The zero-order valence-corrected chi connectivity index (χ0v) is 12.1. The Hall–Kier alpha value is -2.09. The predicted octanol–water partition coefficient (Wildman–Crippen LogP) is 3.86. The Balaban J connectivity index is 2.01. The number of allylic oxidation sites excluding steroid dienone is 5. The molecule has 0 aromatic heterocycles. The first-order valence-electron chi connectivity index (χ1n) is 7.16. The van der Waals surface area contributed by atoms with Crippen molar-refractivity contribution in [2.24, 2.45) is 5.92 Å². The molecule has 1 aliphatic rings. The van der Waals surface area contributed by atoms with Crippen LogP contribution in [0.15, 0.2) is 54.6 Å². The minimum Gasteiger partial charge on any atom is -0.372 e. The van der Waals surface area contributed by atoms with Crippen LogP contribution in [-0.2, 0) is 4.79 Å². The topological polar surface area (TPSA) is 20.3 Å². The van der Waals surface area contributed by atoms with E-state index in [0.29, 0.717) is 0 Å². The van der Waals surface area contributed by atoms with Gasteiger partial charge >= 0.3 is 0 Å². The molecule has 20 heavy (non-hydrogen) atoms. The summed E-state index contributed by atoms with van der Waals surface area (Å²) >= 11 is 0. The highest BCUT2D eigenvalue weighted by Crippen LogP contribution is 2.16. The van der Waals surface area contributed by atoms with Gasteiger partial charge in [-0.2, -0.15) is 0 Å². The van der Waals surface area contributed by atoms with Crippen LogP contribution in [0.1, 0.15) is 19.4 Å². The molecule has 104 valence electrons. The Morgan fingerprint density at radius 2 is 1.70 bits per heavy atom. The van der Waals surface area contributed by atoms with Crippen molar-refractivity contribution in [1.29, 1.82) is 0 Å². The van der Waals surface area contributed by atoms with E-state index in [1.165, 1.54) is 5.69 Å². The smallest absolute Gasteiger partial charge is 0.166 e. The average molecular weight is 267 g/mol. The highest BCUT2D eigenvalue weighted by atomic mass is 16.1. The summed E-state index contributed by atoms with van der Waals surface area (Å²) in [5.41, 5.74) is 2.28. The number of hydrogen-bond donors (Lipinski definition) is 0. The summed E-state index contributed by atoms with van der Waals surface area (Å²) in [4.78, 5) is 14.2. The van der Waals surface area contributed by atoms with E-state index in [4.69, 9.17) is 0 Å². The molecule has 0 saturated heterocycles. The zero-order chi connectivity index (χ0) is 14.4. The summed E-state index contributed by atoms with van der Waals surface area (Å²) in [6.07, 6.45) is 11.2. The molecule has 0 bridgehead atoms. The Kier molecular flexibility index (Phi) is 4.94. The lowest BCUT2D eigenvalue weighted by molar-refractivity contribution is -0.115. The molecule has 0 atom stereocenters. The van der Waals surface area contributed by atoms with Crippen molar-refractivity contribution < 1.29 is 4.79 Å². The van der Waals surface area contributed by atoms with Gasteiger partial charge in [-0.05, 0) is 37.6 Å². The molecule has 0 unspecified atom stereocenters. The van der Waals surface area contributed by atoms with Gasteiger partial charge in [0.05, 0.1) is 5.92 Å². The fourth-order valence-corrected chi connectivity index (χ4v) is 2.30. The van der Waals surface area contributed by atoms with E-state index >= 15 is 0 Å². The number of nitrogens with zero attached hydrogens (tertiary/aromatic N) is 1. The summed E-state index contributed by atoms with van der Waals surface area (Å²) in [6.45, 7) is 6.31. The van der Waals surface area contributed by atoms with Crippen LogP contribution < -0.4 is 4.90 Å². The quantitative estimate of drug-likeness (QED) is 0.729. The maximum atomic E-state index is 11.9. The number of ketones is 1. The van der Waals surface area contributed by atoms with E-state index in [9.17, 15) is 4.79 Å². The molecule has 1 aromatic carbocycles. The van der Waals surface area contributed by atoms with E-state index in [0.717, 1.165) is 18.7 Å². The van der Waals surface area contributed by atoms with Crippen molar-refractivity contribution in [3.8, 4) is 0 Å². The van der Waals surface area contributed by atoms with Gasteiger partial charge in [-0.25, -0.2) is 0 Å². The Morgan fingerprint density at radius 3 is 2.25 bits per heavy atom. The third-order valence-corrected chi connectivity index (χ3v) is 3.54. The number of rotatable bonds is 6. The molecule has 0 fully saturated rings. The highest BCUT2D eigenvalue weighted by Gasteiger charge is 2.10. The minimum atomic E-state index is -0.0822. The maximum Gasteiger partial charge on any atom is 0.166 e. The van der Waals surface area contributed by atoms with Crippen molar-refractivity contribution in [1.82, 2.24) is 0 Å². The van der Waals surface area contributed by atoms with Crippen molar-refractivity contribution >= 4 is 17.5 Å². The molecule has 2 rings (SSSR count). The van der Waals surface area contributed by atoms with Crippen LogP contribution in [0.4, 0.5) is 5.69 Å². The van der Waals surface area contributed by atoms with Crippen LogP contribution in [0, 0.1) is 5.92 Å². The van der Waals surface area contributed by atoms with Gasteiger partial charge in [0, 0.05) is 18.8 Å². The Bertz CT molecular complexity index is 521. The molecular weight excluding hydrogens is 246 g/mol. The van der Waals surface area contributed by atoms with Gasteiger partial charge in [-0.1, -0.05) is 42.5 Å². The van der Waals surface area contributed by atoms with Crippen LogP contribution in [0.2, 0.25) is 0 Å². The maximum absolute atomic E-state index is 11.9. The second-order valence-corrected chi connectivity index (χ2v) is 4.80. The van der Waals surface area contributed by atoms with Gasteiger partial charge in [0.15, 0.2) is 5.78 Å². The van der Waals surface area contributed by atoms with E-state index in [1.807, 2.05) is 30.4 Å². The third-order valence-electron chi connectivity index (χ3n) is 3.54. The van der Waals surface area contributed by atoms with Crippen LogP contribution in [0.3, 0.4) is 0 Å². The lowest BCUT2D eigenvalue weighted by atomic mass is 10.1. The molecule has 0 spiro atoms. The van der Waals surface area contributed by atoms with Crippen LogP contribution >= 0.6 is 0 Å². The molecule has 1 aromatic rings. The summed E-state index contributed by atoms with van der Waals surface area (Å²) in [5, 5.41) is 0. The first kappa shape index (κ1) is 14.3. The summed E-state index contributed by atoms with van der Waals surface area (Å²) in [7, 11) is 0. The summed E-state index contributed by atoms with van der Waals surface area (Å²) in [5.74, 6) is 0.0454. The van der Waals surface area contributed by atoms with Crippen molar-refractivity contribution in [2.45, 2.75) is 13.8 Å². The fraction of sp³-hybridized carbons (Fsp3) is 0.278. The molecular formula is C18H21NO. The van der Waals surface area contributed by atoms with Crippen LogP contribution in [0.5, 0.6) is 0 Å². The standard InChI is InChI=1S/C18H21NO/c1-3-19(4-2)17-12-9-15(10-13-17)11-14-18(20)16-7-5-6-8-16/h5-14,16H,3-4H2,1-2H3/b14-11+. The van der Waals surface area contributed by atoms with E-state index < -0.39 is 0 Å². The normalized spacial score (nSPS) is 14.3. The Morgan fingerprint density at radius 1 is 1.10 bits per heavy atom. The van der Waals surface area contributed by atoms with Crippen LogP contribution in [0.25, 0.3) is 6.08 Å². The molecule has 0 heterocycles. The van der Waals surface area contributed by atoms with Gasteiger partial charge < -0.3 is 4.90 Å². The van der Waals surface area contributed by atoms with E-state index in [2.05, 4.69) is 43.0 Å². The van der Waals surface area contributed by atoms with Gasteiger partial charge in [-0.3, -0.25) is 4.79 Å². The molecule has 1 aliphatic carbocycles. The van der Waals surface area contributed by atoms with E-state index in [-0.39, 0.29) is 11.7 Å². The molecule has 0 radical (unpaired) electrons. The Labute approximate surface area is 121 Å². The first-order chi connectivity index (χ1) is 9.74. The average Bonchev–Trinajstić information content (AvgIpc) is 3.01. The monoisotopic (exact) mass is 267 g/mol. The van der Waals surface area contributed by atoms with E-state index in [1.54, 1.807) is 6.08 Å². The predicted molar refractivity (Wildman–Crippen MR) is 85.8 cm³/mol. The first-order valence-corrected chi connectivity index (χ1v) is 7.16. The van der Waals surface area contributed by atoms with Crippen molar-refractivity contribution in [3.63, 3.8) is 0 Å². The molecule has 2 nitrogen and oxygen atoms in total. The van der Waals surface area contributed by atoms with Gasteiger partial charge in [0.25, 0.3) is 0 Å². The van der Waals surface area contributed by atoms with Crippen LogP contribution in [-0.4, -0.2) is 18.9 Å². The third kappa shape index (κ3) is 3.47. The molecule has 0 saturated carbocycles. The minimum absolute atomic E-state index is 0.0822. The SMILES string of the molecule is CCN(CC)c1ccc(/C=C/C(=O)C2C=CC=C2)cc1. The number of hydrogen-bond acceptors (Lipinski definition) is 2. The fourth-order valence-electron chi connectivity index (χ4n) is 2.30. The zero-order valence-electron chi connectivity index (χ0n) is 12.1. The summed E-state index contributed by atoms with van der Waals surface area (Å²) < 4.78 is 0. The second kappa shape index (κ2) is 6.90. The molecule has 0 amide bonds. The second-order valence-electron chi connectivity index (χ2n) is 4.80.